The van der Waals surface area contributed by atoms with Crippen LogP contribution >= 0.6 is 0 Å². The lowest BCUT2D eigenvalue weighted by Crippen LogP contribution is -2.21. The Kier molecular flexibility index (Phi) is 5.86. The number of esters is 1. The van der Waals surface area contributed by atoms with E-state index in [1.165, 1.54) is 14.2 Å². The van der Waals surface area contributed by atoms with Crippen LogP contribution in [-0.2, 0) is 11.2 Å². The van der Waals surface area contributed by atoms with Crippen molar-refractivity contribution in [2.45, 2.75) is 12.3 Å². The molecule has 2 aromatic carbocycles. The van der Waals surface area contributed by atoms with E-state index in [0.717, 1.165) is 35.5 Å². The molecule has 27 heavy (non-hydrogen) atoms. The molecule has 0 bridgehead atoms. The van der Waals surface area contributed by atoms with Gasteiger partial charge >= 0.3 is 5.97 Å². The summed E-state index contributed by atoms with van der Waals surface area (Å²) in [6, 6.07) is 9.90. The molecule has 0 spiro atoms. The highest BCUT2D eigenvalue weighted by molar-refractivity contribution is 5.96. The second kappa shape index (κ2) is 8.31. The van der Waals surface area contributed by atoms with Gasteiger partial charge < -0.3 is 24.3 Å². The highest BCUT2D eigenvalue weighted by Crippen LogP contribution is 2.43. The van der Waals surface area contributed by atoms with Crippen LogP contribution in [-0.4, -0.2) is 47.5 Å². The Hall–Kier alpha value is -2.73. The molecule has 0 saturated carbocycles. The molecule has 1 aliphatic heterocycles. The summed E-state index contributed by atoms with van der Waals surface area (Å²) >= 11 is 0. The fraction of sp³-hybridized carbons (Fsp3) is 0.381. The first-order valence-electron chi connectivity index (χ1n) is 8.85. The van der Waals surface area contributed by atoms with Gasteiger partial charge in [0.2, 0.25) is 0 Å². The average molecular weight is 371 g/mol. The van der Waals surface area contributed by atoms with Gasteiger partial charge in [-0.25, -0.2) is 4.79 Å². The third-order valence-corrected chi connectivity index (χ3v) is 4.99. The Morgan fingerprint density at radius 1 is 1.00 bits per heavy atom. The molecule has 3 rings (SSSR count). The van der Waals surface area contributed by atoms with Gasteiger partial charge in [0.05, 0.1) is 28.4 Å². The van der Waals surface area contributed by atoms with Crippen molar-refractivity contribution in [3.8, 4) is 17.2 Å². The zero-order valence-corrected chi connectivity index (χ0v) is 16.1. The molecule has 0 aromatic heterocycles. The number of benzene rings is 2. The van der Waals surface area contributed by atoms with E-state index in [0.29, 0.717) is 23.5 Å². The van der Waals surface area contributed by atoms with E-state index >= 15 is 0 Å². The molecule has 0 aliphatic carbocycles. The second-order valence-electron chi connectivity index (χ2n) is 6.30. The smallest absolute Gasteiger partial charge is 0.342 e. The molecule has 1 unspecified atom stereocenters. The largest absolute Gasteiger partial charge is 0.496 e. The summed E-state index contributed by atoms with van der Waals surface area (Å²) in [6.45, 7) is 1.47. The number of rotatable bonds is 5. The summed E-state index contributed by atoms with van der Waals surface area (Å²) in [5.41, 5.74) is 3.42. The van der Waals surface area contributed by atoms with Crippen molar-refractivity contribution >= 4 is 5.97 Å². The van der Waals surface area contributed by atoms with Gasteiger partial charge in [-0.2, -0.15) is 0 Å². The molecular weight excluding hydrogens is 346 g/mol. The number of ether oxygens (including phenoxy) is 4. The molecule has 0 fully saturated rings. The summed E-state index contributed by atoms with van der Waals surface area (Å²) in [4.78, 5) is 12.6. The molecule has 6 nitrogen and oxygen atoms in total. The fourth-order valence-electron chi connectivity index (χ4n) is 3.75. The van der Waals surface area contributed by atoms with Crippen molar-refractivity contribution in [3.63, 3.8) is 0 Å². The summed E-state index contributed by atoms with van der Waals surface area (Å²) in [5, 5.41) is 3.46. The Labute approximate surface area is 159 Å². The van der Waals surface area contributed by atoms with Gasteiger partial charge in [0, 0.05) is 18.0 Å². The van der Waals surface area contributed by atoms with Crippen molar-refractivity contribution in [2.24, 2.45) is 0 Å². The summed E-state index contributed by atoms with van der Waals surface area (Å²) < 4.78 is 21.7. The van der Waals surface area contributed by atoms with Gasteiger partial charge in [-0.1, -0.05) is 18.2 Å². The number of carbonyl (C=O) groups is 1. The van der Waals surface area contributed by atoms with E-state index in [4.69, 9.17) is 18.9 Å². The SMILES string of the molecule is COC(=O)c1c2c(cc(OC)c1OC)C(c1ccccc1OC)CNCC2. The lowest BCUT2D eigenvalue weighted by atomic mass is 9.85. The van der Waals surface area contributed by atoms with E-state index in [-0.39, 0.29) is 5.92 Å². The predicted octanol–water partition coefficient (Wildman–Crippen LogP) is 2.78. The number of fused-ring (bicyclic) bond motifs is 1. The summed E-state index contributed by atoms with van der Waals surface area (Å²) in [7, 11) is 6.14. The number of methoxy groups -OCH3 is 4. The predicted molar refractivity (Wildman–Crippen MR) is 102 cm³/mol. The Bertz CT molecular complexity index is 834. The summed E-state index contributed by atoms with van der Waals surface area (Å²) in [6.07, 6.45) is 0.686. The van der Waals surface area contributed by atoms with E-state index in [1.54, 1.807) is 14.2 Å². The van der Waals surface area contributed by atoms with Gasteiger partial charge in [0.15, 0.2) is 11.5 Å². The van der Waals surface area contributed by atoms with Crippen LogP contribution in [0.4, 0.5) is 0 Å². The molecule has 144 valence electrons. The van der Waals surface area contributed by atoms with Gasteiger partial charge in [-0.05, 0) is 36.2 Å². The van der Waals surface area contributed by atoms with E-state index in [2.05, 4.69) is 11.4 Å². The van der Waals surface area contributed by atoms with Crippen molar-refractivity contribution < 1.29 is 23.7 Å². The van der Waals surface area contributed by atoms with Gasteiger partial charge in [0.1, 0.15) is 11.3 Å². The maximum atomic E-state index is 12.6. The molecule has 1 heterocycles. The molecule has 1 N–H and O–H groups in total. The molecule has 0 radical (unpaired) electrons. The molecule has 6 heteroatoms. The first-order valence-corrected chi connectivity index (χ1v) is 8.85. The molecule has 0 saturated heterocycles. The van der Waals surface area contributed by atoms with Crippen molar-refractivity contribution in [1.82, 2.24) is 5.32 Å². The molecule has 1 atom stereocenters. The Balaban J connectivity index is 2.29. The third-order valence-electron chi connectivity index (χ3n) is 4.99. The third kappa shape index (κ3) is 3.45. The second-order valence-corrected chi connectivity index (χ2v) is 6.30. The quantitative estimate of drug-likeness (QED) is 0.816. The van der Waals surface area contributed by atoms with Crippen LogP contribution in [0.1, 0.15) is 33.0 Å². The van der Waals surface area contributed by atoms with Crippen LogP contribution in [0.2, 0.25) is 0 Å². The van der Waals surface area contributed by atoms with Crippen LogP contribution in [0, 0.1) is 0 Å². The van der Waals surface area contributed by atoms with Crippen LogP contribution in [0.15, 0.2) is 30.3 Å². The molecular formula is C21H25NO5. The number of nitrogens with one attached hydrogen (secondary N) is 1. The number of hydrogen-bond donors (Lipinski definition) is 1. The maximum Gasteiger partial charge on any atom is 0.342 e. The Morgan fingerprint density at radius 2 is 1.74 bits per heavy atom. The van der Waals surface area contributed by atoms with Gasteiger partial charge in [0.25, 0.3) is 0 Å². The summed E-state index contributed by atoms with van der Waals surface area (Å²) in [5.74, 6) is 1.30. The number of para-hydroxylation sites is 1. The zero-order valence-electron chi connectivity index (χ0n) is 16.1. The maximum absolute atomic E-state index is 12.6. The Morgan fingerprint density at radius 3 is 2.41 bits per heavy atom. The lowest BCUT2D eigenvalue weighted by Gasteiger charge is -2.24. The molecule has 2 aromatic rings. The van der Waals surface area contributed by atoms with Gasteiger partial charge in [-0.15, -0.1) is 0 Å². The topological polar surface area (TPSA) is 66.0 Å². The minimum absolute atomic E-state index is 0.00172. The first kappa shape index (κ1) is 19.0. The molecule has 1 aliphatic rings. The van der Waals surface area contributed by atoms with E-state index < -0.39 is 5.97 Å². The number of carbonyl (C=O) groups excluding carboxylic acids is 1. The van der Waals surface area contributed by atoms with Gasteiger partial charge in [-0.3, -0.25) is 0 Å². The van der Waals surface area contributed by atoms with Crippen molar-refractivity contribution in [1.29, 1.82) is 0 Å². The standard InChI is InChI=1S/C21H25NO5/c1-24-17-8-6-5-7-13(17)16-12-22-10-9-14-15(16)11-18(25-2)20(26-3)19(14)21(23)27-4/h5-8,11,16,22H,9-10,12H2,1-4H3. The fourth-order valence-corrected chi connectivity index (χ4v) is 3.75. The van der Waals surface area contributed by atoms with E-state index in [1.807, 2.05) is 24.3 Å². The monoisotopic (exact) mass is 371 g/mol. The first-order chi connectivity index (χ1) is 13.2. The average Bonchev–Trinajstić information content (AvgIpc) is 2.93. The minimum Gasteiger partial charge on any atom is -0.496 e. The molecule has 0 amide bonds. The van der Waals surface area contributed by atoms with Crippen LogP contribution in [0.5, 0.6) is 17.2 Å². The highest BCUT2D eigenvalue weighted by atomic mass is 16.5. The van der Waals surface area contributed by atoms with Crippen LogP contribution in [0.25, 0.3) is 0 Å². The van der Waals surface area contributed by atoms with Crippen molar-refractivity contribution in [2.75, 3.05) is 41.5 Å². The van der Waals surface area contributed by atoms with Crippen molar-refractivity contribution in [3.05, 3.63) is 52.6 Å². The minimum atomic E-state index is -0.428. The normalized spacial score (nSPS) is 16.1. The number of hydrogen-bond acceptors (Lipinski definition) is 6. The van der Waals surface area contributed by atoms with Crippen LogP contribution in [0.3, 0.4) is 0 Å². The zero-order chi connectivity index (χ0) is 19.4. The van der Waals surface area contributed by atoms with Crippen LogP contribution < -0.4 is 19.5 Å². The lowest BCUT2D eigenvalue weighted by molar-refractivity contribution is 0.0595. The van der Waals surface area contributed by atoms with E-state index in [9.17, 15) is 4.79 Å². The highest BCUT2D eigenvalue weighted by Gasteiger charge is 2.31.